The average Bonchev–Trinajstić information content (AvgIpc) is 3.10. The summed E-state index contributed by atoms with van der Waals surface area (Å²) in [7, 11) is -3.41. The standard InChI is InChI=1S/C23H28N2O6S/c1-14(15-6-4-3-5-7-15)24-22(27)12-17-11-19-18-10-16(25-32(2,28)29)8-9-20(18)31-23(19)21(13-26)30-17/h3-10,14,17,19,21,23,25-26H,11-13H2,1-2H3,(H,24,27)/t14-,17-,19-,21-,23+/m0/s1. The van der Waals surface area contributed by atoms with Crippen molar-refractivity contribution in [3.8, 4) is 5.75 Å². The summed E-state index contributed by atoms with van der Waals surface area (Å²) in [6, 6.07) is 14.7. The fraction of sp³-hybridized carbons (Fsp3) is 0.435. The summed E-state index contributed by atoms with van der Waals surface area (Å²) in [5, 5.41) is 12.9. The van der Waals surface area contributed by atoms with Gasteiger partial charge in [0.05, 0.1) is 31.4 Å². The highest BCUT2D eigenvalue weighted by atomic mass is 32.2. The number of benzene rings is 2. The van der Waals surface area contributed by atoms with E-state index in [0.717, 1.165) is 17.4 Å². The molecule has 2 aliphatic heterocycles. The molecule has 0 unspecified atom stereocenters. The molecule has 8 nitrogen and oxygen atoms in total. The number of aliphatic hydroxyl groups is 1. The quantitative estimate of drug-likeness (QED) is 0.584. The molecule has 32 heavy (non-hydrogen) atoms. The molecule has 3 N–H and O–H groups in total. The third-order valence-corrected chi connectivity index (χ3v) is 6.50. The molecule has 2 aromatic rings. The van der Waals surface area contributed by atoms with Gasteiger partial charge in [-0.15, -0.1) is 0 Å². The lowest BCUT2D eigenvalue weighted by Gasteiger charge is -2.37. The Balaban J connectivity index is 1.47. The summed E-state index contributed by atoms with van der Waals surface area (Å²) in [6.07, 6.45) is 0.443. The Morgan fingerprint density at radius 1 is 1.22 bits per heavy atom. The Morgan fingerprint density at radius 2 is 1.97 bits per heavy atom. The predicted octanol–water partition coefficient (Wildman–Crippen LogP) is 2.32. The number of ether oxygens (including phenoxy) is 2. The van der Waals surface area contributed by atoms with Gasteiger partial charge in [-0.2, -0.15) is 0 Å². The molecular formula is C23H28N2O6S. The predicted molar refractivity (Wildman–Crippen MR) is 120 cm³/mol. The first kappa shape index (κ1) is 22.6. The van der Waals surface area contributed by atoms with Gasteiger partial charge in [-0.3, -0.25) is 9.52 Å². The van der Waals surface area contributed by atoms with Gasteiger partial charge in [0.25, 0.3) is 0 Å². The highest BCUT2D eigenvalue weighted by Gasteiger charge is 2.46. The van der Waals surface area contributed by atoms with E-state index in [1.165, 1.54) is 0 Å². The van der Waals surface area contributed by atoms with Crippen LogP contribution < -0.4 is 14.8 Å². The van der Waals surface area contributed by atoms with Gasteiger partial charge >= 0.3 is 0 Å². The number of carbonyl (C=O) groups is 1. The monoisotopic (exact) mass is 460 g/mol. The van der Waals surface area contributed by atoms with E-state index in [-0.39, 0.29) is 37.0 Å². The van der Waals surface area contributed by atoms with Crippen LogP contribution in [0.2, 0.25) is 0 Å². The van der Waals surface area contributed by atoms with Gasteiger partial charge in [-0.1, -0.05) is 30.3 Å². The van der Waals surface area contributed by atoms with E-state index in [1.54, 1.807) is 18.2 Å². The fourth-order valence-corrected chi connectivity index (χ4v) is 5.05. The minimum absolute atomic E-state index is 0.110. The van der Waals surface area contributed by atoms with Crippen molar-refractivity contribution in [3.63, 3.8) is 0 Å². The third kappa shape index (κ3) is 5.06. The van der Waals surface area contributed by atoms with Crippen LogP contribution in [-0.2, 0) is 19.6 Å². The molecule has 0 spiro atoms. The SMILES string of the molecule is C[C@H](NC(=O)C[C@@H]1C[C@H]2c3cc(NS(C)(=O)=O)ccc3O[C@H]2[C@H](CO)O1)c1ccccc1. The molecule has 9 heteroatoms. The number of fused-ring (bicyclic) bond motifs is 3. The molecular weight excluding hydrogens is 432 g/mol. The van der Waals surface area contributed by atoms with Gasteiger partial charge in [-0.05, 0) is 37.1 Å². The Labute approximate surface area is 188 Å². The lowest BCUT2D eigenvalue weighted by molar-refractivity contribution is -0.142. The van der Waals surface area contributed by atoms with Crippen molar-refractivity contribution < 1.29 is 27.8 Å². The van der Waals surface area contributed by atoms with Gasteiger partial charge in [0.15, 0.2) is 0 Å². The van der Waals surface area contributed by atoms with Crippen LogP contribution in [0, 0.1) is 0 Å². The van der Waals surface area contributed by atoms with Gasteiger partial charge in [0.1, 0.15) is 18.0 Å². The minimum Gasteiger partial charge on any atom is -0.487 e. The molecule has 0 bridgehead atoms. The van der Waals surface area contributed by atoms with Gasteiger partial charge < -0.3 is 19.9 Å². The number of anilines is 1. The maximum absolute atomic E-state index is 12.7. The number of rotatable bonds is 7. The molecule has 0 aliphatic carbocycles. The van der Waals surface area contributed by atoms with Crippen molar-refractivity contribution in [3.05, 3.63) is 59.7 Å². The van der Waals surface area contributed by atoms with Crippen molar-refractivity contribution in [2.75, 3.05) is 17.6 Å². The maximum Gasteiger partial charge on any atom is 0.229 e. The van der Waals surface area contributed by atoms with Crippen molar-refractivity contribution in [1.82, 2.24) is 5.32 Å². The smallest absolute Gasteiger partial charge is 0.229 e. The largest absolute Gasteiger partial charge is 0.487 e. The molecule has 5 atom stereocenters. The molecule has 2 aromatic carbocycles. The normalized spacial score (nSPS) is 25.2. The Hall–Kier alpha value is -2.62. The topological polar surface area (TPSA) is 114 Å². The van der Waals surface area contributed by atoms with Gasteiger partial charge in [0, 0.05) is 17.2 Å². The number of aliphatic hydroxyl groups excluding tert-OH is 1. The third-order valence-electron chi connectivity index (χ3n) is 5.89. The van der Waals surface area contributed by atoms with E-state index < -0.39 is 22.2 Å². The number of hydrogen-bond donors (Lipinski definition) is 3. The van der Waals surface area contributed by atoms with Crippen LogP contribution in [0.25, 0.3) is 0 Å². The van der Waals surface area contributed by atoms with Crippen LogP contribution in [0.1, 0.15) is 42.9 Å². The Bertz CT molecular complexity index is 1080. The summed E-state index contributed by atoms with van der Waals surface area (Å²) in [5.41, 5.74) is 2.32. The zero-order valence-corrected chi connectivity index (χ0v) is 18.8. The molecule has 0 aromatic heterocycles. The first-order chi connectivity index (χ1) is 15.2. The number of nitrogens with one attached hydrogen (secondary N) is 2. The van der Waals surface area contributed by atoms with E-state index in [9.17, 15) is 18.3 Å². The van der Waals surface area contributed by atoms with Crippen LogP contribution in [0.5, 0.6) is 5.75 Å². The summed E-state index contributed by atoms with van der Waals surface area (Å²) in [4.78, 5) is 12.7. The highest BCUT2D eigenvalue weighted by Crippen LogP contribution is 2.47. The van der Waals surface area contributed by atoms with E-state index in [1.807, 2.05) is 37.3 Å². The van der Waals surface area contributed by atoms with E-state index in [2.05, 4.69) is 10.0 Å². The first-order valence-electron chi connectivity index (χ1n) is 10.6. The van der Waals surface area contributed by atoms with Gasteiger partial charge in [-0.25, -0.2) is 8.42 Å². The second-order valence-corrected chi connectivity index (χ2v) is 10.2. The molecule has 1 fully saturated rings. The zero-order chi connectivity index (χ0) is 22.9. The van der Waals surface area contributed by atoms with Gasteiger partial charge in [0.2, 0.25) is 15.9 Å². The number of hydrogen-bond acceptors (Lipinski definition) is 6. The number of sulfonamides is 1. The molecule has 4 rings (SSSR count). The zero-order valence-electron chi connectivity index (χ0n) is 18.0. The molecule has 172 valence electrons. The molecule has 2 aliphatic rings. The molecule has 1 amide bonds. The van der Waals surface area contributed by atoms with Crippen LogP contribution in [0.3, 0.4) is 0 Å². The Morgan fingerprint density at radius 3 is 2.66 bits per heavy atom. The van der Waals surface area contributed by atoms with E-state index in [0.29, 0.717) is 17.9 Å². The average molecular weight is 461 g/mol. The summed E-state index contributed by atoms with van der Waals surface area (Å²) in [6.45, 7) is 1.70. The van der Waals surface area contributed by atoms with Crippen molar-refractivity contribution in [2.24, 2.45) is 0 Å². The molecule has 2 heterocycles. The van der Waals surface area contributed by atoms with Crippen molar-refractivity contribution in [2.45, 2.75) is 50.0 Å². The number of carbonyl (C=O) groups excluding carboxylic acids is 1. The molecule has 1 saturated heterocycles. The van der Waals surface area contributed by atoms with Crippen LogP contribution in [0.15, 0.2) is 48.5 Å². The maximum atomic E-state index is 12.7. The summed E-state index contributed by atoms with van der Waals surface area (Å²) >= 11 is 0. The van der Waals surface area contributed by atoms with Crippen molar-refractivity contribution >= 4 is 21.6 Å². The van der Waals surface area contributed by atoms with Crippen LogP contribution in [-0.4, -0.2) is 50.6 Å². The summed E-state index contributed by atoms with van der Waals surface area (Å²) < 4.78 is 37.7. The van der Waals surface area contributed by atoms with E-state index in [4.69, 9.17) is 9.47 Å². The fourth-order valence-electron chi connectivity index (χ4n) is 4.50. The first-order valence-corrected chi connectivity index (χ1v) is 12.5. The van der Waals surface area contributed by atoms with Crippen molar-refractivity contribution in [1.29, 1.82) is 0 Å². The lowest BCUT2D eigenvalue weighted by atomic mass is 9.84. The number of amides is 1. The molecule has 0 radical (unpaired) electrons. The molecule has 0 saturated carbocycles. The van der Waals surface area contributed by atoms with E-state index >= 15 is 0 Å². The Kier molecular flexibility index (Phi) is 6.41. The highest BCUT2D eigenvalue weighted by molar-refractivity contribution is 7.92. The van der Waals surface area contributed by atoms with Crippen LogP contribution in [0.4, 0.5) is 5.69 Å². The second-order valence-electron chi connectivity index (χ2n) is 8.43. The second kappa shape index (κ2) is 9.09. The van der Waals surface area contributed by atoms with Crippen LogP contribution >= 0.6 is 0 Å². The lowest BCUT2D eigenvalue weighted by Crippen LogP contribution is -2.47. The minimum atomic E-state index is -3.41. The summed E-state index contributed by atoms with van der Waals surface area (Å²) in [5.74, 6) is 0.401.